The number of nitrogens with two attached hydrogens (primary N) is 1. The number of nitrogens with zero attached hydrogens (tertiary/aromatic N) is 3. The molecule has 1 saturated heterocycles. The summed E-state index contributed by atoms with van der Waals surface area (Å²) in [5.74, 6) is 0.878. The monoisotopic (exact) mass is 232 g/mol. The van der Waals surface area contributed by atoms with Gasteiger partial charge in [-0.2, -0.15) is 0 Å². The van der Waals surface area contributed by atoms with E-state index < -0.39 is 0 Å². The molecule has 1 aliphatic carbocycles. The zero-order valence-corrected chi connectivity index (χ0v) is 10.4. The molecule has 0 aromatic carbocycles. The van der Waals surface area contributed by atoms with Crippen molar-refractivity contribution < 1.29 is 0 Å². The minimum atomic E-state index is 0.315. The third kappa shape index (κ3) is 1.90. The van der Waals surface area contributed by atoms with Crippen LogP contribution >= 0.6 is 0 Å². The molecule has 0 spiro atoms. The molecule has 1 saturated carbocycles. The molecule has 0 bridgehead atoms. The number of anilines is 1. The molecule has 2 N–H and O–H groups in total. The molecule has 0 amide bonds. The Hall–Kier alpha value is -1.16. The summed E-state index contributed by atoms with van der Waals surface area (Å²) in [6.45, 7) is 4.02. The van der Waals surface area contributed by atoms with Crippen molar-refractivity contribution in [3.8, 4) is 0 Å². The first-order valence-electron chi connectivity index (χ1n) is 6.53. The Morgan fingerprint density at radius 3 is 3.06 bits per heavy atom. The van der Waals surface area contributed by atoms with Gasteiger partial charge in [0, 0.05) is 30.7 Å². The summed E-state index contributed by atoms with van der Waals surface area (Å²) in [7, 11) is 0. The second kappa shape index (κ2) is 3.95. The van der Waals surface area contributed by atoms with Crippen molar-refractivity contribution in [1.29, 1.82) is 0 Å². The fourth-order valence-electron chi connectivity index (χ4n) is 2.61. The average Bonchev–Trinajstić information content (AvgIpc) is 2.95. The quantitative estimate of drug-likeness (QED) is 0.857. The SMILES string of the molecule is CC1(c2ccnc(N3CCCC3CN)n2)CC1. The van der Waals surface area contributed by atoms with Gasteiger partial charge in [0.25, 0.3) is 0 Å². The molecule has 2 aliphatic rings. The molecule has 2 heterocycles. The highest BCUT2D eigenvalue weighted by Crippen LogP contribution is 2.46. The van der Waals surface area contributed by atoms with Crippen molar-refractivity contribution in [1.82, 2.24) is 9.97 Å². The van der Waals surface area contributed by atoms with Gasteiger partial charge in [-0.25, -0.2) is 9.97 Å². The maximum atomic E-state index is 5.80. The summed E-state index contributed by atoms with van der Waals surface area (Å²) in [5, 5.41) is 0. The molecule has 1 atom stereocenters. The van der Waals surface area contributed by atoms with Gasteiger partial charge < -0.3 is 10.6 Å². The van der Waals surface area contributed by atoms with Crippen LogP contribution in [0.15, 0.2) is 12.3 Å². The van der Waals surface area contributed by atoms with Crippen LogP contribution in [0.2, 0.25) is 0 Å². The normalized spacial score (nSPS) is 26.2. The van der Waals surface area contributed by atoms with Gasteiger partial charge in [0.2, 0.25) is 5.95 Å². The van der Waals surface area contributed by atoms with Gasteiger partial charge in [0.05, 0.1) is 5.69 Å². The first-order valence-corrected chi connectivity index (χ1v) is 6.53. The first-order chi connectivity index (χ1) is 8.23. The molecule has 2 fully saturated rings. The van der Waals surface area contributed by atoms with Crippen molar-refractivity contribution >= 4 is 5.95 Å². The fraction of sp³-hybridized carbons (Fsp3) is 0.692. The van der Waals surface area contributed by atoms with E-state index in [1.165, 1.54) is 31.4 Å². The second-order valence-corrected chi connectivity index (χ2v) is 5.53. The van der Waals surface area contributed by atoms with E-state index in [4.69, 9.17) is 10.7 Å². The van der Waals surface area contributed by atoms with Gasteiger partial charge in [-0.1, -0.05) is 6.92 Å². The van der Waals surface area contributed by atoms with Crippen LogP contribution < -0.4 is 10.6 Å². The predicted molar refractivity (Wildman–Crippen MR) is 68.0 cm³/mol. The smallest absolute Gasteiger partial charge is 0.225 e. The van der Waals surface area contributed by atoms with Crippen molar-refractivity contribution in [2.24, 2.45) is 5.73 Å². The third-order valence-electron chi connectivity index (χ3n) is 4.17. The van der Waals surface area contributed by atoms with Crippen LogP contribution in [0.1, 0.15) is 38.3 Å². The van der Waals surface area contributed by atoms with Crippen molar-refractivity contribution in [3.05, 3.63) is 18.0 Å². The molecule has 4 heteroatoms. The summed E-state index contributed by atoms with van der Waals surface area (Å²) < 4.78 is 0. The van der Waals surface area contributed by atoms with E-state index in [0.717, 1.165) is 12.5 Å². The molecule has 17 heavy (non-hydrogen) atoms. The van der Waals surface area contributed by atoms with Gasteiger partial charge in [-0.15, -0.1) is 0 Å². The third-order valence-corrected chi connectivity index (χ3v) is 4.17. The van der Waals surface area contributed by atoms with Gasteiger partial charge in [0.15, 0.2) is 0 Å². The maximum absolute atomic E-state index is 5.80. The summed E-state index contributed by atoms with van der Waals surface area (Å²) in [5.41, 5.74) is 7.31. The Kier molecular flexibility index (Phi) is 2.54. The second-order valence-electron chi connectivity index (χ2n) is 5.53. The lowest BCUT2D eigenvalue weighted by Crippen LogP contribution is -2.36. The van der Waals surface area contributed by atoms with Crippen LogP contribution in [0.25, 0.3) is 0 Å². The van der Waals surface area contributed by atoms with E-state index in [1.54, 1.807) is 0 Å². The summed E-state index contributed by atoms with van der Waals surface area (Å²) in [4.78, 5) is 11.4. The molecular formula is C13H20N4. The number of hydrogen-bond donors (Lipinski definition) is 1. The molecule has 0 radical (unpaired) electrons. The number of rotatable bonds is 3. The van der Waals surface area contributed by atoms with Crippen LogP contribution in [0.3, 0.4) is 0 Å². The summed E-state index contributed by atoms with van der Waals surface area (Å²) in [6.07, 6.45) is 6.77. The standard InChI is InChI=1S/C13H20N4/c1-13(5-6-13)11-4-7-15-12(16-11)17-8-2-3-10(17)9-14/h4,7,10H,2-3,5-6,8-9,14H2,1H3. The van der Waals surface area contributed by atoms with E-state index in [2.05, 4.69) is 22.9 Å². The molecule has 3 rings (SSSR count). The molecular weight excluding hydrogens is 212 g/mol. The van der Waals surface area contributed by atoms with Crippen molar-refractivity contribution in [3.63, 3.8) is 0 Å². The van der Waals surface area contributed by atoms with Gasteiger partial charge in [-0.05, 0) is 31.7 Å². The Labute approximate surface area is 102 Å². The summed E-state index contributed by atoms with van der Waals surface area (Å²) >= 11 is 0. The van der Waals surface area contributed by atoms with E-state index in [-0.39, 0.29) is 0 Å². The van der Waals surface area contributed by atoms with E-state index in [1.807, 2.05) is 6.20 Å². The molecule has 1 aromatic rings. The maximum Gasteiger partial charge on any atom is 0.225 e. The molecule has 1 aliphatic heterocycles. The lowest BCUT2D eigenvalue weighted by Gasteiger charge is -2.24. The fourth-order valence-corrected chi connectivity index (χ4v) is 2.61. The zero-order valence-electron chi connectivity index (χ0n) is 10.4. The lowest BCUT2D eigenvalue weighted by atomic mass is 10.1. The largest absolute Gasteiger partial charge is 0.337 e. The molecule has 1 aromatic heterocycles. The molecule has 92 valence electrons. The lowest BCUT2D eigenvalue weighted by molar-refractivity contribution is 0.656. The van der Waals surface area contributed by atoms with Crippen LogP contribution in [0.4, 0.5) is 5.95 Å². The van der Waals surface area contributed by atoms with Gasteiger partial charge >= 0.3 is 0 Å². The highest BCUT2D eigenvalue weighted by atomic mass is 15.3. The van der Waals surface area contributed by atoms with Crippen LogP contribution in [0.5, 0.6) is 0 Å². The zero-order chi connectivity index (χ0) is 11.9. The average molecular weight is 232 g/mol. The Balaban J connectivity index is 1.87. The Bertz CT molecular complexity index is 414. The number of hydrogen-bond acceptors (Lipinski definition) is 4. The highest BCUT2D eigenvalue weighted by molar-refractivity contribution is 5.36. The molecule has 1 unspecified atom stereocenters. The predicted octanol–water partition coefficient (Wildman–Crippen LogP) is 1.46. The van der Waals surface area contributed by atoms with Gasteiger partial charge in [0.1, 0.15) is 0 Å². The Morgan fingerprint density at radius 1 is 1.53 bits per heavy atom. The van der Waals surface area contributed by atoms with Crippen LogP contribution in [0, 0.1) is 0 Å². The Morgan fingerprint density at radius 2 is 2.35 bits per heavy atom. The first kappa shape index (κ1) is 11.0. The van der Waals surface area contributed by atoms with E-state index >= 15 is 0 Å². The highest BCUT2D eigenvalue weighted by Gasteiger charge is 2.41. The van der Waals surface area contributed by atoms with Gasteiger partial charge in [-0.3, -0.25) is 0 Å². The van der Waals surface area contributed by atoms with Crippen LogP contribution in [-0.2, 0) is 5.41 Å². The minimum Gasteiger partial charge on any atom is -0.337 e. The molecule has 4 nitrogen and oxygen atoms in total. The topological polar surface area (TPSA) is 55.0 Å². The van der Waals surface area contributed by atoms with E-state index in [0.29, 0.717) is 18.0 Å². The number of aromatic nitrogens is 2. The summed E-state index contributed by atoms with van der Waals surface area (Å²) in [6, 6.07) is 2.49. The minimum absolute atomic E-state index is 0.315. The van der Waals surface area contributed by atoms with E-state index in [9.17, 15) is 0 Å². The van der Waals surface area contributed by atoms with Crippen molar-refractivity contribution in [2.45, 2.75) is 44.1 Å². The van der Waals surface area contributed by atoms with Crippen molar-refractivity contribution in [2.75, 3.05) is 18.0 Å². The van der Waals surface area contributed by atoms with Crippen LogP contribution in [-0.4, -0.2) is 29.1 Å².